The van der Waals surface area contributed by atoms with Gasteiger partial charge in [-0.15, -0.1) is 0 Å². The minimum atomic E-state index is -3.67. The Kier molecular flexibility index (Phi) is 4.59. The molecule has 0 aliphatic heterocycles. The van der Waals surface area contributed by atoms with Gasteiger partial charge in [-0.05, 0) is 25.1 Å². The van der Waals surface area contributed by atoms with E-state index in [1.54, 1.807) is 13.1 Å². The molecule has 0 unspecified atom stereocenters. The van der Waals surface area contributed by atoms with Gasteiger partial charge in [0.1, 0.15) is 0 Å². The number of aryl methyl sites for hydroxylation is 1. The van der Waals surface area contributed by atoms with Gasteiger partial charge in [0.25, 0.3) is 0 Å². The second-order valence-corrected chi connectivity index (χ2v) is 6.63. The van der Waals surface area contributed by atoms with Crippen molar-refractivity contribution in [3.8, 4) is 0 Å². The Hall–Kier alpha value is -1.21. The Labute approximate surface area is 127 Å². The smallest absolute Gasteiger partial charge is 0.240 e. The fourth-order valence-electron chi connectivity index (χ4n) is 1.41. The van der Waals surface area contributed by atoms with Crippen LogP contribution in [0.4, 0.5) is 0 Å². The van der Waals surface area contributed by atoms with E-state index in [4.69, 9.17) is 23.2 Å². The van der Waals surface area contributed by atoms with Crippen LogP contribution >= 0.6 is 23.2 Å². The number of hydrogen-bond donors (Lipinski definition) is 1. The number of halogens is 2. The van der Waals surface area contributed by atoms with Gasteiger partial charge in [0, 0.05) is 6.20 Å². The van der Waals surface area contributed by atoms with Crippen LogP contribution in [0.15, 0.2) is 35.5 Å². The van der Waals surface area contributed by atoms with Crippen molar-refractivity contribution in [2.45, 2.75) is 18.4 Å². The first kappa shape index (κ1) is 15.2. The lowest BCUT2D eigenvalue weighted by molar-refractivity contribution is 0.580. The number of benzene rings is 1. The van der Waals surface area contributed by atoms with E-state index in [1.165, 1.54) is 24.4 Å². The third kappa shape index (κ3) is 3.67. The summed E-state index contributed by atoms with van der Waals surface area (Å²) in [6, 6.07) is 4.12. The van der Waals surface area contributed by atoms with Crippen LogP contribution < -0.4 is 4.72 Å². The number of hydrogen-bond acceptors (Lipinski definition) is 4. The Morgan fingerprint density at radius 1 is 1.15 bits per heavy atom. The summed E-state index contributed by atoms with van der Waals surface area (Å²) in [5.41, 5.74) is 1.29. The van der Waals surface area contributed by atoms with E-state index in [-0.39, 0.29) is 16.5 Å². The van der Waals surface area contributed by atoms with Crippen LogP contribution in [-0.2, 0) is 16.6 Å². The number of nitrogens with zero attached hydrogens (tertiary/aromatic N) is 2. The third-order valence-corrected chi connectivity index (χ3v) is 4.62. The van der Waals surface area contributed by atoms with Crippen LogP contribution in [-0.4, -0.2) is 18.4 Å². The molecule has 106 valence electrons. The van der Waals surface area contributed by atoms with Crippen molar-refractivity contribution in [3.63, 3.8) is 0 Å². The zero-order valence-corrected chi connectivity index (χ0v) is 12.8. The van der Waals surface area contributed by atoms with Gasteiger partial charge in [-0.3, -0.25) is 9.97 Å². The zero-order valence-electron chi connectivity index (χ0n) is 10.5. The molecule has 0 fully saturated rings. The molecule has 1 N–H and O–H groups in total. The zero-order chi connectivity index (χ0) is 14.8. The molecule has 0 aliphatic rings. The van der Waals surface area contributed by atoms with Crippen LogP contribution in [0.2, 0.25) is 10.0 Å². The highest BCUT2D eigenvalue weighted by Gasteiger charge is 2.15. The average molecular weight is 332 g/mol. The van der Waals surface area contributed by atoms with Crippen molar-refractivity contribution in [1.29, 1.82) is 0 Å². The molecule has 2 aromatic rings. The molecule has 1 aromatic heterocycles. The van der Waals surface area contributed by atoms with Crippen molar-refractivity contribution in [3.05, 3.63) is 52.0 Å². The van der Waals surface area contributed by atoms with Crippen molar-refractivity contribution < 1.29 is 8.42 Å². The predicted molar refractivity (Wildman–Crippen MR) is 77.3 cm³/mol. The number of rotatable bonds is 4. The standard InChI is InChI=1S/C12H11Cl2N3O2S/c1-8-5-16-9(6-15-8)7-17-20(18,19)10-2-3-11(13)12(14)4-10/h2-6,17H,7H2,1H3. The maximum absolute atomic E-state index is 12.1. The summed E-state index contributed by atoms with van der Waals surface area (Å²) >= 11 is 11.6. The van der Waals surface area contributed by atoms with E-state index in [0.29, 0.717) is 10.7 Å². The van der Waals surface area contributed by atoms with E-state index < -0.39 is 10.0 Å². The average Bonchev–Trinajstić information content (AvgIpc) is 2.41. The minimum Gasteiger partial charge on any atom is -0.258 e. The first-order valence-corrected chi connectivity index (χ1v) is 7.84. The largest absolute Gasteiger partial charge is 0.258 e. The normalized spacial score (nSPS) is 11.6. The second-order valence-electron chi connectivity index (χ2n) is 4.05. The molecule has 0 saturated carbocycles. The number of aromatic nitrogens is 2. The van der Waals surface area contributed by atoms with Gasteiger partial charge in [0.2, 0.25) is 10.0 Å². The van der Waals surface area contributed by atoms with Crippen LogP contribution in [0.1, 0.15) is 11.4 Å². The van der Waals surface area contributed by atoms with E-state index in [2.05, 4.69) is 14.7 Å². The SMILES string of the molecule is Cc1cnc(CNS(=O)(=O)c2ccc(Cl)c(Cl)c2)cn1. The van der Waals surface area contributed by atoms with Crippen molar-refractivity contribution >= 4 is 33.2 Å². The monoisotopic (exact) mass is 331 g/mol. The second kappa shape index (κ2) is 6.05. The highest BCUT2D eigenvalue weighted by Crippen LogP contribution is 2.24. The molecule has 1 aromatic carbocycles. The predicted octanol–water partition coefficient (Wildman–Crippen LogP) is 2.57. The van der Waals surface area contributed by atoms with Crippen molar-refractivity contribution in [2.75, 3.05) is 0 Å². The topological polar surface area (TPSA) is 72.0 Å². The molecule has 20 heavy (non-hydrogen) atoms. The molecule has 0 amide bonds. The van der Waals surface area contributed by atoms with Gasteiger partial charge >= 0.3 is 0 Å². The van der Waals surface area contributed by atoms with E-state index in [1.807, 2.05) is 0 Å². The Bertz CT molecular complexity index is 718. The number of sulfonamides is 1. The Balaban J connectivity index is 2.14. The van der Waals surface area contributed by atoms with Gasteiger partial charge in [-0.1, -0.05) is 23.2 Å². The fourth-order valence-corrected chi connectivity index (χ4v) is 2.79. The summed E-state index contributed by atoms with van der Waals surface area (Å²) in [5.74, 6) is 0. The quantitative estimate of drug-likeness (QED) is 0.934. The summed E-state index contributed by atoms with van der Waals surface area (Å²) in [7, 11) is -3.67. The summed E-state index contributed by atoms with van der Waals surface area (Å²) in [4.78, 5) is 8.16. The van der Waals surface area contributed by atoms with Gasteiger partial charge in [0.05, 0.1) is 39.1 Å². The summed E-state index contributed by atoms with van der Waals surface area (Å²) in [5, 5.41) is 0.486. The summed E-state index contributed by atoms with van der Waals surface area (Å²) in [6.07, 6.45) is 3.09. The molecule has 5 nitrogen and oxygen atoms in total. The Morgan fingerprint density at radius 2 is 1.90 bits per heavy atom. The van der Waals surface area contributed by atoms with Crippen molar-refractivity contribution in [1.82, 2.24) is 14.7 Å². The third-order valence-electron chi connectivity index (χ3n) is 2.48. The molecule has 2 rings (SSSR count). The van der Waals surface area contributed by atoms with Crippen molar-refractivity contribution in [2.24, 2.45) is 0 Å². The molecular weight excluding hydrogens is 321 g/mol. The molecule has 0 aliphatic carbocycles. The molecule has 0 radical (unpaired) electrons. The maximum Gasteiger partial charge on any atom is 0.240 e. The first-order valence-electron chi connectivity index (χ1n) is 5.61. The first-order chi connectivity index (χ1) is 9.38. The molecule has 0 spiro atoms. The highest BCUT2D eigenvalue weighted by atomic mass is 35.5. The molecule has 0 atom stereocenters. The van der Waals surface area contributed by atoms with E-state index in [9.17, 15) is 8.42 Å². The lowest BCUT2D eigenvalue weighted by Gasteiger charge is -2.07. The molecule has 8 heteroatoms. The van der Waals surface area contributed by atoms with Crippen LogP contribution in [0.5, 0.6) is 0 Å². The molecule has 0 saturated heterocycles. The van der Waals surface area contributed by atoms with Crippen LogP contribution in [0, 0.1) is 6.92 Å². The number of nitrogens with one attached hydrogen (secondary N) is 1. The van der Waals surface area contributed by atoms with E-state index in [0.717, 1.165) is 5.69 Å². The minimum absolute atomic E-state index is 0.0481. The Morgan fingerprint density at radius 3 is 2.50 bits per heavy atom. The maximum atomic E-state index is 12.1. The van der Waals surface area contributed by atoms with Gasteiger partial charge in [-0.2, -0.15) is 0 Å². The lowest BCUT2D eigenvalue weighted by Crippen LogP contribution is -2.23. The van der Waals surface area contributed by atoms with Gasteiger partial charge in [0.15, 0.2) is 0 Å². The van der Waals surface area contributed by atoms with E-state index >= 15 is 0 Å². The lowest BCUT2D eigenvalue weighted by atomic mass is 10.4. The summed E-state index contributed by atoms with van der Waals surface area (Å²) in [6.45, 7) is 1.85. The molecule has 0 bridgehead atoms. The van der Waals surface area contributed by atoms with Gasteiger partial charge in [-0.25, -0.2) is 13.1 Å². The molecular formula is C12H11Cl2N3O2S. The van der Waals surface area contributed by atoms with Crippen LogP contribution in [0.3, 0.4) is 0 Å². The highest BCUT2D eigenvalue weighted by molar-refractivity contribution is 7.89. The van der Waals surface area contributed by atoms with Crippen LogP contribution in [0.25, 0.3) is 0 Å². The fraction of sp³-hybridized carbons (Fsp3) is 0.167. The summed E-state index contributed by atoms with van der Waals surface area (Å²) < 4.78 is 26.6. The molecule has 1 heterocycles. The van der Waals surface area contributed by atoms with Gasteiger partial charge < -0.3 is 0 Å².